The van der Waals surface area contributed by atoms with Crippen molar-refractivity contribution < 1.29 is 18.3 Å². The van der Waals surface area contributed by atoms with Crippen LogP contribution in [-0.4, -0.2) is 44.8 Å². The van der Waals surface area contributed by atoms with Gasteiger partial charge in [-0.2, -0.15) is 0 Å². The van der Waals surface area contributed by atoms with E-state index >= 15 is 0 Å². The Morgan fingerprint density at radius 3 is 2.84 bits per heavy atom. The molecule has 1 aromatic rings. The Balaban J connectivity index is 0.00000312. The lowest BCUT2D eigenvalue weighted by Gasteiger charge is -2.16. The average Bonchev–Trinajstić information content (AvgIpc) is 3.04. The Labute approximate surface area is 164 Å². The fourth-order valence-corrected chi connectivity index (χ4v) is 2.37. The number of nitrogens with zero attached hydrogens (tertiary/aromatic N) is 1. The topological polar surface area (TPSA) is 54.9 Å². The number of hydrogen-bond acceptors (Lipinski definition) is 3. The number of aryl methyl sites for hydroxylation is 1. The van der Waals surface area contributed by atoms with Crippen LogP contribution in [0.5, 0.6) is 5.75 Å². The van der Waals surface area contributed by atoms with Gasteiger partial charge in [-0.1, -0.05) is 12.1 Å². The van der Waals surface area contributed by atoms with Crippen molar-refractivity contribution in [2.75, 3.05) is 26.3 Å². The van der Waals surface area contributed by atoms with Crippen LogP contribution < -0.4 is 15.4 Å². The van der Waals surface area contributed by atoms with Crippen molar-refractivity contribution in [3.05, 3.63) is 29.3 Å². The van der Waals surface area contributed by atoms with E-state index in [9.17, 15) is 8.78 Å². The smallest absolute Gasteiger partial charge is 0.255 e. The van der Waals surface area contributed by atoms with E-state index in [1.54, 1.807) is 0 Å². The van der Waals surface area contributed by atoms with E-state index in [0.717, 1.165) is 23.3 Å². The van der Waals surface area contributed by atoms with E-state index in [0.29, 0.717) is 32.3 Å². The molecule has 1 heterocycles. The number of ether oxygens (including phenoxy) is 2. The van der Waals surface area contributed by atoms with Crippen LogP contribution >= 0.6 is 24.0 Å². The first kappa shape index (κ1) is 21.9. The number of aliphatic imine (C=N–C) groups is 1. The Kier molecular flexibility index (Phi) is 10.0. The molecule has 0 bridgehead atoms. The molecular formula is C17H26F2IN3O2. The molecule has 8 heteroatoms. The number of halogens is 3. The van der Waals surface area contributed by atoms with Crippen LogP contribution in [0.15, 0.2) is 23.2 Å². The Morgan fingerprint density at radius 1 is 1.40 bits per heavy atom. The molecule has 142 valence electrons. The van der Waals surface area contributed by atoms with Crippen LogP contribution in [0.1, 0.15) is 24.5 Å². The monoisotopic (exact) mass is 469 g/mol. The van der Waals surface area contributed by atoms with E-state index in [4.69, 9.17) is 9.47 Å². The highest BCUT2D eigenvalue weighted by molar-refractivity contribution is 14.0. The van der Waals surface area contributed by atoms with Gasteiger partial charge in [0.2, 0.25) is 0 Å². The highest BCUT2D eigenvalue weighted by Crippen LogP contribution is 2.24. The van der Waals surface area contributed by atoms with Crippen molar-refractivity contribution in [1.82, 2.24) is 10.6 Å². The molecule has 0 radical (unpaired) electrons. The van der Waals surface area contributed by atoms with Crippen LogP contribution in [-0.2, 0) is 11.3 Å². The molecule has 0 saturated carbocycles. The van der Waals surface area contributed by atoms with Crippen LogP contribution in [0.2, 0.25) is 0 Å². The number of rotatable bonds is 7. The largest absolute Gasteiger partial charge is 0.488 e. The zero-order valence-corrected chi connectivity index (χ0v) is 16.9. The standard InChI is InChI=1S/C17H25F2N3O2.HI/c1-3-20-17(22-10-16(18)19)21-9-13-5-4-12(2)8-15(13)24-14-6-7-23-11-14;/h4-5,8,14,16H,3,6-7,9-11H2,1-2H3,(H2,20,21,22);1H. The van der Waals surface area contributed by atoms with Gasteiger partial charge in [-0.3, -0.25) is 0 Å². The minimum atomic E-state index is -2.42. The summed E-state index contributed by atoms with van der Waals surface area (Å²) in [5, 5.41) is 5.58. The maximum absolute atomic E-state index is 12.4. The third-order valence-electron chi connectivity index (χ3n) is 3.58. The predicted octanol–water partition coefficient (Wildman–Crippen LogP) is 3.10. The number of benzene rings is 1. The second-order valence-corrected chi connectivity index (χ2v) is 5.68. The molecule has 1 aliphatic rings. The summed E-state index contributed by atoms with van der Waals surface area (Å²) >= 11 is 0. The van der Waals surface area contributed by atoms with Gasteiger partial charge in [-0.25, -0.2) is 13.8 Å². The number of alkyl halides is 2. The molecule has 1 fully saturated rings. The summed E-state index contributed by atoms with van der Waals surface area (Å²) in [5.74, 6) is 1.15. The van der Waals surface area contributed by atoms with Gasteiger partial charge in [-0.15, -0.1) is 24.0 Å². The van der Waals surface area contributed by atoms with Crippen molar-refractivity contribution in [2.45, 2.75) is 39.3 Å². The molecule has 1 unspecified atom stereocenters. The second kappa shape index (κ2) is 11.5. The second-order valence-electron chi connectivity index (χ2n) is 5.68. The third-order valence-corrected chi connectivity index (χ3v) is 3.58. The molecule has 2 rings (SSSR count). The Bertz CT molecular complexity index is 553. The number of nitrogens with one attached hydrogen (secondary N) is 2. The molecule has 25 heavy (non-hydrogen) atoms. The highest BCUT2D eigenvalue weighted by Gasteiger charge is 2.18. The van der Waals surface area contributed by atoms with Crippen LogP contribution in [0.4, 0.5) is 8.78 Å². The van der Waals surface area contributed by atoms with Crippen LogP contribution in [0.3, 0.4) is 0 Å². The zero-order valence-electron chi connectivity index (χ0n) is 14.6. The van der Waals surface area contributed by atoms with Gasteiger partial charge in [0.25, 0.3) is 6.43 Å². The van der Waals surface area contributed by atoms with Gasteiger partial charge in [0.15, 0.2) is 5.96 Å². The minimum absolute atomic E-state index is 0. The molecule has 1 aliphatic heterocycles. The first-order valence-electron chi connectivity index (χ1n) is 8.22. The number of guanidine groups is 1. The fourth-order valence-electron chi connectivity index (χ4n) is 2.37. The van der Waals surface area contributed by atoms with Gasteiger partial charge in [0.05, 0.1) is 26.3 Å². The molecule has 1 aromatic carbocycles. The van der Waals surface area contributed by atoms with Gasteiger partial charge >= 0.3 is 0 Å². The van der Waals surface area contributed by atoms with Crippen molar-refractivity contribution in [3.8, 4) is 5.75 Å². The lowest BCUT2D eigenvalue weighted by molar-refractivity contribution is 0.140. The van der Waals surface area contributed by atoms with Gasteiger partial charge in [0, 0.05) is 18.5 Å². The van der Waals surface area contributed by atoms with Crippen LogP contribution in [0.25, 0.3) is 0 Å². The molecule has 0 aliphatic carbocycles. The summed E-state index contributed by atoms with van der Waals surface area (Å²) in [5.41, 5.74) is 2.01. The average molecular weight is 469 g/mol. The maximum Gasteiger partial charge on any atom is 0.255 e. The van der Waals surface area contributed by atoms with E-state index in [-0.39, 0.29) is 30.1 Å². The highest BCUT2D eigenvalue weighted by atomic mass is 127. The molecule has 0 aromatic heterocycles. The summed E-state index contributed by atoms with van der Waals surface area (Å²) in [6.45, 7) is 5.72. The van der Waals surface area contributed by atoms with Gasteiger partial charge in [0.1, 0.15) is 11.9 Å². The first-order chi connectivity index (χ1) is 11.6. The Hall–Kier alpha value is -1.16. The molecule has 2 N–H and O–H groups in total. The quantitative estimate of drug-likeness (QED) is 0.366. The van der Waals surface area contributed by atoms with E-state index in [1.165, 1.54) is 0 Å². The summed E-state index contributed by atoms with van der Waals surface area (Å²) in [6.07, 6.45) is -1.50. The number of hydrogen-bond donors (Lipinski definition) is 2. The van der Waals surface area contributed by atoms with E-state index in [1.807, 2.05) is 32.0 Å². The lowest BCUT2D eigenvalue weighted by Crippen LogP contribution is -2.39. The fraction of sp³-hybridized carbons (Fsp3) is 0.588. The molecule has 1 saturated heterocycles. The summed E-state index contributed by atoms with van der Waals surface area (Å²) < 4.78 is 36.1. The SMILES string of the molecule is CCNC(=NCc1ccc(C)cc1OC1CCOC1)NCC(F)F.I. The van der Waals surface area contributed by atoms with Crippen LogP contribution in [0, 0.1) is 6.92 Å². The molecule has 0 amide bonds. The molecular weight excluding hydrogens is 443 g/mol. The van der Waals surface area contributed by atoms with Crippen molar-refractivity contribution in [2.24, 2.45) is 4.99 Å². The minimum Gasteiger partial charge on any atom is -0.488 e. The van der Waals surface area contributed by atoms with E-state index in [2.05, 4.69) is 15.6 Å². The molecule has 5 nitrogen and oxygen atoms in total. The third kappa shape index (κ3) is 7.72. The van der Waals surface area contributed by atoms with Gasteiger partial charge < -0.3 is 20.1 Å². The lowest BCUT2D eigenvalue weighted by atomic mass is 10.1. The van der Waals surface area contributed by atoms with Crippen molar-refractivity contribution in [3.63, 3.8) is 0 Å². The van der Waals surface area contributed by atoms with Crippen molar-refractivity contribution in [1.29, 1.82) is 0 Å². The Morgan fingerprint density at radius 2 is 2.20 bits per heavy atom. The first-order valence-corrected chi connectivity index (χ1v) is 8.22. The normalized spacial score (nSPS) is 17.3. The zero-order chi connectivity index (χ0) is 17.4. The van der Waals surface area contributed by atoms with E-state index < -0.39 is 13.0 Å². The predicted molar refractivity (Wildman–Crippen MR) is 105 cm³/mol. The summed E-state index contributed by atoms with van der Waals surface area (Å²) in [7, 11) is 0. The maximum atomic E-state index is 12.4. The molecule has 0 spiro atoms. The van der Waals surface area contributed by atoms with Gasteiger partial charge in [-0.05, 0) is 25.5 Å². The van der Waals surface area contributed by atoms with Crippen molar-refractivity contribution >= 4 is 29.9 Å². The molecule has 1 atom stereocenters. The summed E-state index contributed by atoms with van der Waals surface area (Å²) in [6, 6.07) is 5.92. The summed E-state index contributed by atoms with van der Waals surface area (Å²) in [4.78, 5) is 4.37.